The van der Waals surface area contributed by atoms with E-state index in [1.54, 1.807) is 35.2 Å². The predicted molar refractivity (Wildman–Crippen MR) is 157 cm³/mol. The first-order chi connectivity index (χ1) is 19.6. The molecule has 2 aromatic rings. The van der Waals surface area contributed by atoms with Gasteiger partial charge in [0.2, 0.25) is 0 Å². The van der Waals surface area contributed by atoms with Crippen molar-refractivity contribution in [2.45, 2.75) is 58.1 Å². The van der Waals surface area contributed by atoms with Crippen LogP contribution < -0.4 is 4.90 Å². The van der Waals surface area contributed by atoms with E-state index < -0.39 is 11.8 Å². The van der Waals surface area contributed by atoms with Crippen molar-refractivity contribution >= 4 is 23.5 Å². The minimum Gasteiger partial charge on any atom is -0.461 e. The third-order valence-corrected chi connectivity index (χ3v) is 7.51. The lowest BCUT2D eigenvalue weighted by atomic mass is 10.1. The van der Waals surface area contributed by atoms with Gasteiger partial charge in [-0.15, -0.1) is 0 Å². The molecule has 1 atom stereocenters. The van der Waals surface area contributed by atoms with E-state index in [4.69, 9.17) is 9.47 Å². The smallest absolute Gasteiger partial charge is 0.410 e. The van der Waals surface area contributed by atoms with E-state index in [0.29, 0.717) is 30.5 Å². The fourth-order valence-corrected chi connectivity index (χ4v) is 5.15. The van der Waals surface area contributed by atoms with Gasteiger partial charge in [-0.25, -0.2) is 14.8 Å². The number of amidine groups is 1. The molecule has 1 aromatic heterocycles. The zero-order chi connectivity index (χ0) is 29.0. The van der Waals surface area contributed by atoms with E-state index in [0.717, 1.165) is 45.6 Å². The first-order valence-corrected chi connectivity index (χ1v) is 14.3. The maximum absolute atomic E-state index is 12.3. The summed E-state index contributed by atoms with van der Waals surface area (Å²) in [7, 11) is 1.77. The molecule has 1 amide bonds. The number of hydrogen-bond donors (Lipinski definition) is 1. The number of benzene rings is 1. The van der Waals surface area contributed by atoms with E-state index in [1.165, 1.54) is 17.6 Å². The van der Waals surface area contributed by atoms with Crippen LogP contribution in [0.5, 0.6) is 0 Å². The summed E-state index contributed by atoms with van der Waals surface area (Å²) in [4.78, 5) is 33.4. The van der Waals surface area contributed by atoms with Crippen molar-refractivity contribution in [2.75, 3.05) is 51.2 Å². The molecule has 4 heterocycles. The molecule has 0 spiro atoms. The van der Waals surface area contributed by atoms with Gasteiger partial charge in [0.05, 0.1) is 11.4 Å². The van der Waals surface area contributed by atoms with Crippen LogP contribution >= 0.6 is 0 Å². The lowest BCUT2D eigenvalue weighted by molar-refractivity contribution is 0.0139. The van der Waals surface area contributed by atoms with Crippen molar-refractivity contribution in [1.29, 1.82) is 0 Å². The number of hydrogen-bond acceptors (Lipinski definition) is 10. The van der Waals surface area contributed by atoms with E-state index in [2.05, 4.69) is 49.0 Å². The van der Waals surface area contributed by atoms with Gasteiger partial charge in [-0.3, -0.25) is 4.90 Å². The monoisotopic (exact) mass is 563 g/mol. The van der Waals surface area contributed by atoms with Gasteiger partial charge in [0.15, 0.2) is 6.23 Å². The first-order valence-electron chi connectivity index (χ1n) is 14.3. The van der Waals surface area contributed by atoms with Crippen LogP contribution in [0.2, 0.25) is 0 Å². The number of anilines is 1. The molecule has 1 aromatic carbocycles. The van der Waals surface area contributed by atoms with Crippen molar-refractivity contribution in [3.8, 4) is 0 Å². The fourth-order valence-electron chi connectivity index (χ4n) is 5.15. The number of amides is 1. The minimum absolute atomic E-state index is 0.0167. The quantitative estimate of drug-likeness (QED) is 0.587. The molecule has 220 valence electrons. The lowest BCUT2D eigenvalue weighted by Gasteiger charge is -2.36. The second-order valence-electron chi connectivity index (χ2n) is 11.8. The maximum atomic E-state index is 12.3. The Kier molecular flexibility index (Phi) is 8.74. The van der Waals surface area contributed by atoms with Crippen LogP contribution in [0.4, 0.5) is 10.5 Å². The lowest BCUT2D eigenvalue weighted by Crippen LogP contribution is -2.49. The fraction of sp³-hybridized carbons (Fsp3) is 0.533. The molecule has 2 saturated heterocycles. The van der Waals surface area contributed by atoms with Gasteiger partial charge in [-0.1, -0.05) is 12.1 Å². The number of rotatable bonds is 5. The summed E-state index contributed by atoms with van der Waals surface area (Å²) in [6.07, 6.45) is 5.46. The molecular formula is C30H41N7O4. The molecule has 11 heteroatoms. The molecule has 3 aliphatic rings. The zero-order valence-corrected chi connectivity index (χ0v) is 24.4. The summed E-state index contributed by atoms with van der Waals surface area (Å²) >= 11 is 0. The highest BCUT2D eigenvalue weighted by Gasteiger charge is 2.28. The van der Waals surface area contributed by atoms with Crippen LogP contribution in [-0.2, 0) is 16.0 Å². The average Bonchev–Trinajstić information content (AvgIpc) is 2.96. The van der Waals surface area contributed by atoms with Crippen LogP contribution in [0.15, 0.2) is 53.9 Å². The zero-order valence-electron chi connectivity index (χ0n) is 24.4. The van der Waals surface area contributed by atoms with Crippen LogP contribution in [0.3, 0.4) is 0 Å². The Morgan fingerprint density at radius 2 is 1.73 bits per heavy atom. The summed E-state index contributed by atoms with van der Waals surface area (Å²) in [5.74, 6) is 0. The third-order valence-electron chi connectivity index (χ3n) is 7.51. The molecule has 1 unspecified atom stereocenters. The van der Waals surface area contributed by atoms with Crippen LogP contribution in [0.25, 0.3) is 5.70 Å². The number of aromatic nitrogens is 2. The summed E-state index contributed by atoms with van der Waals surface area (Å²) in [5, 5.41) is 10.5. The Balaban J connectivity index is 1.09. The SMILES string of the molecule is CN1C(OC2CCN(c3ccc(CN4CCN(C(=O)OC(C)(C)C)CC4)cc3)CC2)=NC(c2ccncn2)=CC1O. The number of carbonyl (C=O) groups excluding carboxylic acids is 1. The molecule has 5 rings (SSSR count). The summed E-state index contributed by atoms with van der Waals surface area (Å²) < 4.78 is 11.8. The number of likely N-dealkylation sites (N-methyl/N-ethyl adjacent to an activating group) is 1. The largest absolute Gasteiger partial charge is 0.461 e. The Morgan fingerprint density at radius 3 is 2.37 bits per heavy atom. The standard InChI is InChI=1S/C30H41N7O4/c1-30(2,3)41-29(39)37-17-15-35(16-18-37)20-22-5-7-23(8-6-22)36-13-10-24(11-14-36)40-28-33-26(19-27(38)34(28)4)25-9-12-31-21-32-25/h5-9,12,19,21,24,27,38H,10-11,13-18,20H2,1-4H3. The number of aliphatic hydroxyl groups excluding tert-OH is 1. The number of aliphatic hydroxyl groups is 1. The minimum atomic E-state index is -0.833. The molecule has 0 bridgehead atoms. The number of piperazine rings is 1. The van der Waals surface area contributed by atoms with Crippen molar-refractivity contribution in [3.63, 3.8) is 0 Å². The Morgan fingerprint density at radius 1 is 1.02 bits per heavy atom. The third kappa shape index (κ3) is 7.53. The number of nitrogens with zero attached hydrogens (tertiary/aromatic N) is 7. The van der Waals surface area contributed by atoms with Crippen molar-refractivity contribution in [3.05, 3.63) is 60.2 Å². The molecule has 11 nitrogen and oxygen atoms in total. The van der Waals surface area contributed by atoms with E-state index in [1.807, 2.05) is 20.8 Å². The summed E-state index contributed by atoms with van der Waals surface area (Å²) in [6.45, 7) is 11.4. The predicted octanol–water partition coefficient (Wildman–Crippen LogP) is 3.18. The van der Waals surface area contributed by atoms with Crippen LogP contribution in [-0.4, -0.2) is 106 Å². The van der Waals surface area contributed by atoms with Gasteiger partial charge < -0.3 is 29.3 Å². The number of piperidine rings is 1. The van der Waals surface area contributed by atoms with Crippen molar-refractivity contribution in [2.24, 2.45) is 4.99 Å². The van der Waals surface area contributed by atoms with E-state index >= 15 is 0 Å². The van der Waals surface area contributed by atoms with Gasteiger partial charge in [0, 0.05) is 77.6 Å². The van der Waals surface area contributed by atoms with Crippen LogP contribution in [0, 0.1) is 0 Å². The molecule has 0 radical (unpaired) electrons. The van der Waals surface area contributed by atoms with Gasteiger partial charge in [0.1, 0.15) is 18.0 Å². The molecule has 2 fully saturated rings. The molecule has 0 aliphatic carbocycles. The van der Waals surface area contributed by atoms with Gasteiger partial charge in [0.25, 0.3) is 6.02 Å². The van der Waals surface area contributed by atoms with Gasteiger partial charge in [-0.2, -0.15) is 4.99 Å². The highest BCUT2D eigenvalue weighted by Crippen LogP contribution is 2.25. The number of aliphatic imine (C=N–C) groups is 1. The number of ether oxygens (including phenoxy) is 2. The molecule has 41 heavy (non-hydrogen) atoms. The topological polar surface area (TPSA) is 107 Å². The second kappa shape index (κ2) is 12.4. The molecule has 3 aliphatic heterocycles. The maximum Gasteiger partial charge on any atom is 0.410 e. The van der Waals surface area contributed by atoms with Gasteiger partial charge >= 0.3 is 6.09 Å². The average molecular weight is 564 g/mol. The second-order valence-corrected chi connectivity index (χ2v) is 11.8. The van der Waals surface area contributed by atoms with E-state index in [9.17, 15) is 9.90 Å². The van der Waals surface area contributed by atoms with E-state index in [-0.39, 0.29) is 12.2 Å². The van der Waals surface area contributed by atoms with Crippen molar-refractivity contribution in [1.82, 2.24) is 24.7 Å². The Hall–Kier alpha value is -3.70. The van der Waals surface area contributed by atoms with Crippen LogP contribution in [0.1, 0.15) is 44.9 Å². The summed E-state index contributed by atoms with van der Waals surface area (Å²) in [5.41, 5.74) is 3.23. The highest BCUT2D eigenvalue weighted by molar-refractivity contribution is 5.84. The Labute approximate surface area is 242 Å². The summed E-state index contributed by atoms with van der Waals surface area (Å²) in [6, 6.07) is 11.0. The molecular weight excluding hydrogens is 522 g/mol. The Bertz CT molecular complexity index is 1230. The molecule has 1 N–H and O–H groups in total. The highest BCUT2D eigenvalue weighted by atomic mass is 16.6. The van der Waals surface area contributed by atoms with Crippen molar-refractivity contribution < 1.29 is 19.4 Å². The normalized spacial score (nSPS) is 20.9. The van der Waals surface area contributed by atoms with Gasteiger partial charge in [-0.05, 0) is 50.6 Å². The molecule has 0 saturated carbocycles. The number of carbonyl (C=O) groups is 1. The first kappa shape index (κ1) is 28.8.